The van der Waals surface area contributed by atoms with E-state index in [1.807, 2.05) is 34.6 Å². The van der Waals surface area contributed by atoms with E-state index in [-0.39, 0.29) is 29.9 Å². The van der Waals surface area contributed by atoms with Crippen molar-refractivity contribution in [2.45, 2.75) is 53.6 Å². The second kappa shape index (κ2) is 9.22. The Labute approximate surface area is 154 Å². The number of nitrogens with one attached hydrogen (secondary N) is 2. The van der Waals surface area contributed by atoms with Crippen LogP contribution in [0.3, 0.4) is 0 Å². The predicted octanol–water partition coefficient (Wildman–Crippen LogP) is 3.05. The van der Waals surface area contributed by atoms with Crippen LogP contribution in [0.4, 0.5) is 5.69 Å². The average molecular weight is 364 g/mol. The Hall–Kier alpha value is -2.57. The molecule has 26 heavy (non-hydrogen) atoms. The van der Waals surface area contributed by atoms with E-state index in [1.165, 1.54) is 18.2 Å². The van der Waals surface area contributed by atoms with Gasteiger partial charge in [0.15, 0.2) is 0 Å². The summed E-state index contributed by atoms with van der Waals surface area (Å²) in [5.41, 5.74) is -0.0843. The van der Waals surface area contributed by atoms with Crippen LogP contribution in [0.15, 0.2) is 18.2 Å². The van der Waals surface area contributed by atoms with Gasteiger partial charge in [0.05, 0.1) is 17.4 Å². The molecule has 7 heteroatoms. The molecule has 0 radical (unpaired) electrons. The first-order valence-corrected chi connectivity index (χ1v) is 8.63. The highest BCUT2D eigenvalue weighted by Gasteiger charge is 2.20. The van der Waals surface area contributed by atoms with Crippen LogP contribution in [0.2, 0.25) is 0 Å². The van der Waals surface area contributed by atoms with Crippen LogP contribution in [0.5, 0.6) is 5.75 Å². The first-order chi connectivity index (χ1) is 12.0. The van der Waals surface area contributed by atoms with E-state index >= 15 is 0 Å². The monoisotopic (exact) mass is 364 g/mol. The zero-order chi connectivity index (χ0) is 19.9. The van der Waals surface area contributed by atoms with Gasteiger partial charge in [-0.05, 0) is 38.5 Å². The number of aromatic carboxylic acids is 1. The van der Waals surface area contributed by atoms with Gasteiger partial charge in [-0.3, -0.25) is 9.59 Å². The van der Waals surface area contributed by atoms with Crippen LogP contribution < -0.4 is 15.4 Å². The molecule has 3 N–H and O–H groups in total. The van der Waals surface area contributed by atoms with Crippen molar-refractivity contribution in [3.05, 3.63) is 23.8 Å². The molecule has 0 unspecified atom stereocenters. The Bertz CT molecular complexity index is 662. The molecule has 0 aliphatic rings. The highest BCUT2D eigenvalue weighted by atomic mass is 16.5. The summed E-state index contributed by atoms with van der Waals surface area (Å²) in [6, 6.07) is 4.33. The van der Waals surface area contributed by atoms with Crippen molar-refractivity contribution < 1.29 is 24.2 Å². The van der Waals surface area contributed by atoms with Crippen molar-refractivity contribution in [1.29, 1.82) is 0 Å². The number of carboxylic acids is 1. The van der Waals surface area contributed by atoms with E-state index in [0.29, 0.717) is 24.4 Å². The summed E-state index contributed by atoms with van der Waals surface area (Å²) in [5.74, 6) is -1.01. The number of hydrogen-bond acceptors (Lipinski definition) is 4. The number of ether oxygens (including phenoxy) is 1. The molecular formula is C19H28N2O5. The number of hydrogen-bond donors (Lipinski definition) is 3. The van der Waals surface area contributed by atoms with Gasteiger partial charge >= 0.3 is 5.97 Å². The first-order valence-electron chi connectivity index (χ1n) is 8.63. The van der Waals surface area contributed by atoms with Crippen LogP contribution in [-0.4, -0.2) is 35.5 Å². The lowest BCUT2D eigenvalue weighted by molar-refractivity contribution is -0.128. The van der Waals surface area contributed by atoms with Gasteiger partial charge in [0.25, 0.3) is 0 Å². The summed E-state index contributed by atoms with van der Waals surface area (Å²) in [6.07, 6.45) is 0.559. The Kier molecular flexibility index (Phi) is 7.61. The second-order valence-electron chi connectivity index (χ2n) is 7.34. The Balaban J connectivity index is 2.65. The van der Waals surface area contributed by atoms with E-state index in [2.05, 4.69) is 10.6 Å². The fourth-order valence-corrected chi connectivity index (χ4v) is 2.05. The molecule has 0 aliphatic heterocycles. The Morgan fingerprint density at radius 2 is 1.85 bits per heavy atom. The van der Waals surface area contributed by atoms with Gasteiger partial charge in [0.1, 0.15) is 5.75 Å². The lowest BCUT2D eigenvalue weighted by Crippen LogP contribution is -2.35. The molecule has 0 spiro atoms. The third-order valence-electron chi connectivity index (χ3n) is 3.41. The summed E-state index contributed by atoms with van der Waals surface area (Å²) in [5, 5.41) is 14.6. The van der Waals surface area contributed by atoms with Gasteiger partial charge in [-0.25, -0.2) is 4.79 Å². The predicted molar refractivity (Wildman–Crippen MR) is 99.5 cm³/mol. The molecule has 0 aromatic heterocycles. The fraction of sp³-hybridized carbons (Fsp3) is 0.526. The molecule has 0 heterocycles. The van der Waals surface area contributed by atoms with Crippen molar-refractivity contribution in [3.63, 3.8) is 0 Å². The SMILES string of the molecule is CC(C)Oc1ccc(C(=O)O)cc1NC(=O)CCCNC(=O)C(C)(C)C. The van der Waals surface area contributed by atoms with Crippen LogP contribution >= 0.6 is 0 Å². The fourth-order valence-electron chi connectivity index (χ4n) is 2.05. The highest BCUT2D eigenvalue weighted by Crippen LogP contribution is 2.27. The summed E-state index contributed by atoms with van der Waals surface area (Å²) in [4.78, 5) is 35.0. The number of amides is 2. The molecule has 0 fully saturated rings. The van der Waals surface area contributed by atoms with Gasteiger partial charge < -0.3 is 20.5 Å². The van der Waals surface area contributed by atoms with E-state index < -0.39 is 11.4 Å². The van der Waals surface area contributed by atoms with Gasteiger partial charge in [-0.1, -0.05) is 20.8 Å². The Morgan fingerprint density at radius 1 is 1.19 bits per heavy atom. The van der Waals surface area contributed by atoms with Crippen molar-refractivity contribution in [3.8, 4) is 5.75 Å². The van der Waals surface area contributed by atoms with Crippen LogP contribution in [0.25, 0.3) is 0 Å². The molecule has 1 rings (SSSR count). The van der Waals surface area contributed by atoms with Crippen LogP contribution in [-0.2, 0) is 9.59 Å². The van der Waals surface area contributed by atoms with E-state index in [9.17, 15) is 14.4 Å². The average Bonchev–Trinajstić information content (AvgIpc) is 2.51. The normalized spacial score (nSPS) is 11.2. The zero-order valence-electron chi connectivity index (χ0n) is 16.0. The molecule has 2 amide bonds. The standard InChI is InChI=1S/C19H28N2O5/c1-12(2)26-15-9-8-13(17(23)24)11-14(15)21-16(22)7-6-10-20-18(25)19(3,4)5/h8-9,11-12H,6-7,10H2,1-5H3,(H,20,25)(H,21,22)(H,23,24). The molecule has 144 valence electrons. The van der Waals surface area contributed by atoms with Crippen LogP contribution in [0.1, 0.15) is 57.8 Å². The van der Waals surface area contributed by atoms with E-state index in [1.54, 1.807) is 0 Å². The molecule has 0 bridgehead atoms. The first kappa shape index (κ1) is 21.5. The van der Waals surface area contributed by atoms with Gasteiger partial charge in [0.2, 0.25) is 11.8 Å². The number of rotatable bonds is 8. The smallest absolute Gasteiger partial charge is 0.335 e. The summed E-state index contributed by atoms with van der Waals surface area (Å²) < 4.78 is 5.61. The van der Waals surface area contributed by atoms with Crippen LogP contribution in [0, 0.1) is 5.41 Å². The minimum absolute atomic E-state index is 0.0637. The minimum Gasteiger partial charge on any atom is -0.489 e. The lowest BCUT2D eigenvalue weighted by atomic mass is 9.96. The lowest BCUT2D eigenvalue weighted by Gasteiger charge is -2.17. The maximum absolute atomic E-state index is 12.1. The molecule has 0 aliphatic carbocycles. The molecule has 0 saturated carbocycles. The summed E-state index contributed by atoms with van der Waals surface area (Å²) >= 11 is 0. The van der Waals surface area contributed by atoms with Crippen molar-refractivity contribution in [2.75, 3.05) is 11.9 Å². The number of carbonyl (C=O) groups excluding carboxylic acids is 2. The van der Waals surface area contributed by atoms with Crippen molar-refractivity contribution in [1.82, 2.24) is 5.32 Å². The topological polar surface area (TPSA) is 105 Å². The number of anilines is 1. The zero-order valence-corrected chi connectivity index (χ0v) is 16.0. The Morgan fingerprint density at radius 3 is 2.38 bits per heavy atom. The van der Waals surface area contributed by atoms with Gasteiger partial charge in [-0.15, -0.1) is 0 Å². The van der Waals surface area contributed by atoms with Gasteiger partial charge in [0, 0.05) is 18.4 Å². The maximum Gasteiger partial charge on any atom is 0.335 e. The number of carbonyl (C=O) groups is 3. The highest BCUT2D eigenvalue weighted by molar-refractivity contribution is 5.95. The molecule has 0 saturated heterocycles. The summed E-state index contributed by atoms with van der Waals surface area (Å²) in [7, 11) is 0. The molecule has 0 atom stereocenters. The quantitative estimate of drug-likeness (QED) is 0.615. The van der Waals surface area contributed by atoms with Crippen molar-refractivity contribution in [2.24, 2.45) is 5.41 Å². The molecule has 1 aromatic rings. The minimum atomic E-state index is -1.08. The number of benzene rings is 1. The molecule has 7 nitrogen and oxygen atoms in total. The van der Waals surface area contributed by atoms with Gasteiger partial charge in [-0.2, -0.15) is 0 Å². The van der Waals surface area contributed by atoms with E-state index in [0.717, 1.165) is 0 Å². The van der Waals surface area contributed by atoms with E-state index in [4.69, 9.17) is 9.84 Å². The third-order valence-corrected chi connectivity index (χ3v) is 3.41. The molecular weight excluding hydrogens is 336 g/mol. The largest absolute Gasteiger partial charge is 0.489 e. The number of carboxylic acid groups (broad SMARTS) is 1. The molecule has 1 aromatic carbocycles. The summed E-state index contributed by atoms with van der Waals surface area (Å²) in [6.45, 7) is 9.54. The second-order valence-corrected chi connectivity index (χ2v) is 7.34. The third kappa shape index (κ3) is 7.13. The van der Waals surface area contributed by atoms with Crippen molar-refractivity contribution >= 4 is 23.5 Å². The maximum atomic E-state index is 12.1.